The lowest BCUT2D eigenvalue weighted by atomic mass is 10.1. The molecular formula is C20H21N3O3. The molecule has 0 spiro atoms. The van der Waals surface area contributed by atoms with E-state index in [2.05, 4.69) is 5.10 Å². The van der Waals surface area contributed by atoms with E-state index in [1.807, 2.05) is 30.3 Å². The Morgan fingerprint density at radius 1 is 1.08 bits per heavy atom. The molecule has 0 unspecified atom stereocenters. The van der Waals surface area contributed by atoms with Gasteiger partial charge in [-0.1, -0.05) is 30.3 Å². The van der Waals surface area contributed by atoms with Crippen LogP contribution in [0.5, 0.6) is 0 Å². The lowest BCUT2D eigenvalue weighted by Crippen LogP contribution is -2.18. The third-order valence-electron chi connectivity index (χ3n) is 4.12. The number of aromatic nitrogens is 3. The molecule has 0 bridgehead atoms. The minimum atomic E-state index is -0.0213. The molecule has 6 nitrogen and oxygen atoms in total. The van der Waals surface area contributed by atoms with Crippen LogP contribution in [0.15, 0.2) is 59.7 Å². The number of hydrogen-bond acceptors (Lipinski definition) is 4. The maximum Gasteiger partial charge on any atom is 0.250 e. The normalized spacial score (nSPS) is 10.8. The molecule has 26 heavy (non-hydrogen) atoms. The molecule has 0 atom stereocenters. The SMILES string of the molecule is COCc1nn(Cc2ccc(Cn3ccccc3=O)cc2)cc1C(C)=O. The van der Waals surface area contributed by atoms with Crippen molar-refractivity contribution in [2.45, 2.75) is 26.6 Å². The maximum absolute atomic E-state index is 11.8. The minimum absolute atomic E-state index is 0.0180. The van der Waals surface area contributed by atoms with E-state index in [0.717, 1.165) is 11.1 Å². The van der Waals surface area contributed by atoms with Crippen molar-refractivity contribution >= 4 is 5.78 Å². The minimum Gasteiger partial charge on any atom is -0.378 e. The Hall–Kier alpha value is -2.99. The molecule has 0 fully saturated rings. The zero-order valence-electron chi connectivity index (χ0n) is 14.9. The molecule has 0 saturated carbocycles. The Morgan fingerprint density at radius 3 is 2.38 bits per heavy atom. The van der Waals surface area contributed by atoms with Gasteiger partial charge in [-0.05, 0) is 24.1 Å². The van der Waals surface area contributed by atoms with E-state index in [1.54, 1.807) is 40.9 Å². The van der Waals surface area contributed by atoms with E-state index < -0.39 is 0 Å². The quantitative estimate of drug-likeness (QED) is 0.614. The fourth-order valence-electron chi connectivity index (χ4n) is 2.80. The summed E-state index contributed by atoms with van der Waals surface area (Å²) in [6.45, 7) is 2.94. The summed E-state index contributed by atoms with van der Waals surface area (Å²) in [6.07, 6.45) is 3.54. The van der Waals surface area contributed by atoms with Crippen molar-refractivity contribution in [1.29, 1.82) is 0 Å². The Balaban J connectivity index is 1.73. The number of methoxy groups -OCH3 is 1. The van der Waals surface area contributed by atoms with Gasteiger partial charge in [-0.15, -0.1) is 0 Å². The standard InChI is InChI=1S/C20H21N3O3/c1-15(24)18-13-23(21-19(18)14-26-2)12-17-8-6-16(7-9-17)11-22-10-4-3-5-20(22)25/h3-10,13H,11-12,14H2,1-2H3. The van der Waals surface area contributed by atoms with Gasteiger partial charge < -0.3 is 9.30 Å². The van der Waals surface area contributed by atoms with Crippen LogP contribution in [0.2, 0.25) is 0 Å². The highest BCUT2D eigenvalue weighted by atomic mass is 16.5. The molecule has 0 aliphatic rings. The highest BCUT2D eigenvalue weighted by Gasteiger charge is 2.13. The average molecular weight is 351 g/mol. The second-order valence-electron chi connectivity index (χ2n) is 6.16. The smallest absolute Gasteiger partial charge is 0.250 e. The van der Waals surface area contributed by atoms with Gasteiger partial charge >= 0.3 is 0 Å². The van der Waals surface area contributed by atoms with E-state index in [0.29, 0.717) is 31.0 Å². The van der Waals surface area contributed by atoms with Crippen molar-refractivity contribution < 1.29 is 9.53 Å². The summed E-state index contributed by atoms with van der Waals surface area (Å²) in [5.74, 6) is -0.0213. The Kier molecular flexibility index (Phi) is 5.43. The molecular weight excluding hydrogens is 330 g/mol. The monoisotopic (exact) mass is 351 g/mol. The predicted octanol–water partition coefficient (Wildman–Crippen LogP) is 2.49. The first-order valence-electron chi connectivity index (χ1n) is 8.36. The molecule has 0 N–H and O–H groups in total. The first kappa shape index (κ1) is 17.8. The molecule has 0 amide bonds. The fraction of sp³-hybridized carbons (Fsp3) is 0.250. The van der Waals surface area contributed by atoms with Gasteiger partial charge in [0.1, 0.15) is 0 Å². The van der Waals surface area contributed by atoms with E-state index >= 15 is 0 Å². The van der Waals surface area contributed by atoms with Crippen LogP contribution in [-0.2, 0) is 24.4 Å². The van der Waals surface area contributed by atoms with Crippen LogP contribution in [-0.4, -0.2) is 27.2 Å². The molecule has 134 valence electrons. The van der Waals surface area contributed by atoms with E-state index in [1.165, 1.54) is 6.92 Å². The summed E-state index contributed by atoms with van der Waals surface area (Å²) in [5, 5.41) is 4.44. The number of benzene rings is 1. The number of pyridine rings is 1. The molecule has 0 aliphatic carbocycles. The number of ether oxygens (including phenoxy) is 1. The van der Waals surface area contributed by atoms with Gasteiger partial charge in [0, 0.05) is 25.6 Å². The zero-order chi connectivity index (χ0) is 18.5. The molecule has 0 radical (unpaired) electrons. The van der Waals surface area contributed by atoms with E-state index in [4.69, 9.17) is 4.74 Å². The molecule has 0 aliphatic heterocycles. The Labute approximate surface area is 151 Å². The van der Waals surface area contributed by atoms with Crippen LogP contribution < -0.4 is 5.56 Å². The maximum atomic E-state index is 11.8. The molecule has 0 saturated heterocycles. The number of rotatable bonds is 7. The highest BCUT2D eigenvalue weighted by molar-refractivity contribution is 5.94. The molecule has 2 heterocycles. The van der Waals surface area contributed by atoms with Gasteiger partial charge in [0.05, 0.1) is 31.0 Å². The van der Waals surface area contributed by atoms with Crippen molar-refractivity contribution in [3.05, 3.63) is 87.6 Å². The third-order valence-corrected chi connectivity index (χ3v) is 4.12. The fourth-order valence-corrected chi connectivity index (χ4v) is 2.80. The first-order chi connectivity index (χ1) is 12.6. The summed E-state index contributed by atoms with van der Waals surface area (Å²) < 4.78 is 8.53. The Bertz CT molecular complexity index is 955. The van der Waals surface area contributed by atoms with Crippen molar-refractivity contribution in [2.24, 2.45) is 0 Å². The lowest BCUT2D eigenvalue weighted by molar-refractivity contribution is 0.101. The molecule has 6 heteroatoms. The number of carbonyl (C=O) groups excluding carboxylic acids is 1. The lowest BCUT2D eigenvalue weighted by Gasteiger charge is -2.07. The van der Waals surface area contributed by atoms with Gasteiger partial charge in [0.25, 0.3) is 5.56 Å². The van der Waals surface area contributed by atoms with Crippen LogP contribution in [0.25, 0.3) is 0 Å². The van der Waals surface area contributed by atoms with Gasteiger partial charge in [-0.25, -0.2) is 0 Å². The molecule has 3 rings (SSSR count). The number of hydrogen-bond donors (Lipinski definition) is 0. The zero-order valence-corrected chi connectivity index (χ0v) is 14.9. The van der Waals surface area contributed by atoms with Crippen molar-refractivity contribution in [2.75, 3.05) is 7.11 Å². The summed E-state index contributed by atoms with van der Waals surface area (Å²) in [4.78, 5) is 23.5. The molecule has 1 aromatic carbocycles. The van der Waals surface area contributed by atoms with Gasteiger partial charge in [0.15, 0.2) is 5.78 Å². The molecule has 2 aromatic heterocycles. The number of Topliss-reactive ketones (excluding diaryl/α,β-unsaturated/α-hetero) is 1. The Morgan fingerprint density at radius 2 is 1.77 bits per heavy atom. The number of carbonyl (C=O) groups is 1. The molecule has 3 aromatic rings. The summed E-state index contributed by atoms with van der Waals surface area (Å²) in [7, 11) is 1.58. The van der Waals surface area contributed by atoms with E-state index in [-0.39, 0.29) is 11.3 Å². The van der Waals surface area contributed by atoms with Crippen molar-refractivity contribution in [1.82, 2.24) is 14.3 Å². The van der Waals surface area contributed by atoms with E-state index in [9.17, 15) is 9.59 Å². The van der Waals surface area contributed by atoms with Crippen LogP contribution in [0.4, 0.5) is 0 Å². The van der Waals surface area contributed by atoms with Crippen molar-refractivity contribution in [3.63, 3.8) is 0 Å². The second-order valence-corrected chi connectivity index (χ2v) is 6.16. The summed E-state index contributed by atoms with van der Waals surface area (Å²) >= 11 is 0. The first-order valence-corrected chi connectivity index (χ1v) is 8.36. The largest absolute Gasteiger partial charge is 0.378 e. The summed E-state index contributed by atoms with van der Waals surface area (Å²) in [5.41, 5.74) is 3.34. The van der Waals surface area contributed by atoms with Crippen LogP contribution in [0.1, 0.15) is 34.1 Å². The van der Waals surface area contributed by atoms with Gasteiger partial charge in [-0.2, -0.15) is 5.10 Å². The third kappa shape index (κ3) is 4.15. The van der Waals surface area contributed by atoms with Gasteiger partial charge in [-0.3, -0.25) is 14.3 Å². The topological polar surface area (TPSA) is 66.1 Å². The predicted molar refractivity (Wildman–Crippen MR) is 98.3 cm³/mol. The summed E-state index contributed by atoms with van der Waals surface area (Å²) in [6, 6.07) is 13.1. The highest BCUT2D eigenvalue weighted by Crippen LogP contribution is 2.12. The van der Waals surface area contributed by atoms with Crippen LogP contribution in [0, 0.1) is 0 Å². The number of nitrogens with zero attached hydrogens (tertiary/aromatic N) is 3. The average Bonchev–Trinajstić information content (AvgIpc) is 3.02. The van der Waals surface area contributed by atoms with Gasteiger partial charge in [0.2, 0.25) is 0 Å². The van der Waals surface area contributed by atoms with Crippen LogP contribution >= 0.6 is 0 Å². The van der Waals surface area contributed by atoms with Crippen molar-refractivity contribution in [3.8, 4) is 0 Å². The second kappa shape index (κ2) is 7.93. The van der Waals surface area contributed by atoms with Crippen LogP contribution in [0.3, 0.4) is 0 Å². The number of ketones is 1.